The zero-order valence-electron chi connectivity index (χ0n) is 12.2. The molecule has 1 unspecified atom stereocenters. The van der Waals surface area contributed by atoms with Crippen LogP contribution in [0, 0.1) is 5.92 Å². The lowest BCUT2D eigenvalue weighted by Gasteiger charge is -2.18. The van der Waals surface area contributed by atoms with E-state index in [0.29, 0.717) is 0 Å². The van der Waals surface area contributed by atoms with E-state index in [1.807, 2.05) is 42.5 Å². The molecule has 0 aliphatic carbocycles. The minimum atomic E-state index is -1.00. The van der Waals surface area contributed by atoms with Crippen LogP contribution in [-0.4, -0.2) is 23.0 Å². The van der Waals surface area contributed by atoms with Gasteiger partial charge in [0, 0.05) is 0 Å². The van der Waals surface area contributed by atoms with Crippen molar-refractivity contribution in [3.05, 3.63) is 48.0 Å². The molecule has 4 heteroatoms. The first-order valence-corrected chi connectivity index (χ1v) is 6.98. The van der Waals surface area contributed by atoms with E-state index < -0.39 is 12.0 Å². The van der Waals surface area contributed by atoms with E-state index in [1.165, 1.54) is 0 Å². The lowest BCUT2D eigenvalue weighted by molar-refractivity contribution is -0.143. The summed E-state index contributed by atoms with van der Waals surface area (Å²) >= 11 is 0. The Morgan fingerprint density at radius 1 is 1.10 bits per heavy atom. The smallest absolute Gasteiger partial charge is 0.326 e. The van der Waals surface area contributed by atoms with E-state index in [9.17, 15) is 9.59 Å². The third kappa shape index (κ3) is 3.60. The Hall–Kier alpha value is -2.36. The number of carbonyl (C=O) groups is 2. The van der Waals surface area contributed by atoms with Crippen LogP contribution in [0.5, 0.6) is 0 Å². The molecule has 0 saturated heterocycles. The molecule has 0 heterocycles. The van der Waals surface area contributed by atoms with Gasteiger partial charge >= 0.3 is 5.97 Å². The molecule has 21 heavy (non-hydrogen) atoms. The van der Waals surface area contributed by atoms with Gasteiger partial charge in [0.05, 0.1) is 6.42 Å². The number of aliphatic carboxylic acids is 1. The zero-order valence-corrected chi connectivity index (χ0v) is 12.2. The van der Waals surface area contributed by atoms with Gasteiger partial charge in [0.1, 0.15) is 6.04 Å². The highest BCUT2D eigenvalue weighted by Gasteiger charge is 2.23. The highest BCUT2D eigenvalue weighted by Crippen LogP contribution is 2.19. The third-order valence-electron chi connectivity index (χ3n) is 3.48. The number of amides is 1. The van der Waals surface area contributed by atoms with Gasteiger partial charge in [-0.15, -0.1) is 0 Å². The third-order valence-corrected chi connectivity index (χ3v) is 3.48. The number of hydrogen-bond donors (Lipinski definition) is 2. The number of hydrogen-bond acceptors (Lipinski definition) is 2. The minimum absolute atomic E-state index is 0.154. The molecule has 0 aromatic heterocycles. The van der Waals surface area contributed by atoms with Crippen LogP contribution in [0.1, 0.15) is 19.4 Å². The van der Waals surface area contributed by atoms with Crippen LogP contribution in [0.3, 0.4) is 0 Å². The Morgan fingerprint density at radius 2 is 1.76 bits per heavy atom. The quantitative estimate of drug-likeness (QED) is 0.887. The number of nitrogens with one attached hydrogen (secondary N) is 1. The Bertz CT molecular complexity index is 659. The zero-order chi connectivity index (χ0) is 15.4. The summed E-state index contributed by atoms with van der Waals surface area (Å²) in [6, 6.07) is 12.8. The van der Waals surface area contributed by atoms with E-state index in [2.05, 4.69) is 5.32 Å². The Balaban J connectivity index is 2.17. The van der Waals surface area contributed by atoms with Crippen LogP contribution in [0.25, 0.3) is 10.8 Å². The largest absolute Gasteiger partial charge is 0.480 e. The van der Waals surface area contributed by atoms with Crippen molar-refractivity contribution in [1.29, 1.82) is 0 Å². The van der Waals surface area contributed by atoms with Gasteiger partial charge < -0.3 is 10.4 Å². The van der Waals surface area contributed by atoms with Gasteiger partial charge in [-0.25, -0.2) is 4.79 Å². The average molecular weight is 285 g/mol. The molecular weight excluding hydrogens is 266 g/mol. The molecule has 0 aliphatic rings. The summed E-state index contributed by atoms with van der Waals surface area (Å²) in [6.07, 6.45) is 0.178. The van der Waals surface area contributed by atoms with Crippen LogP contribution in [-0.2, 0) is 16.0 Å². The van der Waals surface area contributed by atoms with Crippen LogP contribution in [0.15, 0.2) is 42.5 Å². The summed E-state index contributed by atoms with van der Waals surface area (Å²) in [7, 11) is 0. The van der Waals surface area contributed by atoms with Crippen molar-refractivity contribution >= 4 is 22.6 Å². The molecule has 0 saturated carbocycles. The predicted octanol–water partition coefficient (Wildman–Crippen LogP) is 2.61. The van der Waals surface area contributed by atoms with E-state index in [1.54, 1.807) is 13.8 Å². The number of carboxylic acid groups (broad SMARTS) is 1. The maximum absolute atomic E-state index is 12.1. The number of fused-ring (bicyclic) bond motifs is 1. The second kappa shape index (κ2) is 6.39. The molecule has 110 valence electrons. The van der Waals surface area contributed by atoms with Crippen LogP contribution < -0.4 is 5.32 Å². The lowest BCUT2D eigenvalue weighted by Crippen LogP contribution is -2.44. The lowest BCUT2D eigenvalue weighted by atomic mass is 10.0. The van der Waals surface area contributed by atoms with Gasteiger partial charge in [-0.1, -0.05) is 56.3 Å². The standard InChI is InChI=1S/C17H19NO3/c1-11(2)16(17(20)21)18-15(19)10-13-8-5-7-12-6-3-4-9-14(12)13/h3-9,11,16H,10H2,1-2H3,(H,18,19)(H,20,21). The van der Waals surface area contributed by atoms with Crippen molar-refractivity contribution < 1.29 is 14.7 Å². The maximum Gasteiger partial charge on any atom is 0.326 e. The second-order valence-electron chi connectivity index (χ2n) is 5.44. The second-order valence-corrected chi connectivity index (χ2v) is 5.44. The predicted molar refractivity (Wildman–Crippen MR) is 82.1 cm³/mol. The summed E-state index contributed by atoms with van der Waals surface area (Å²) in [5, 5.41) is 13.8. The fraction of sp³-hybridized carbons (Fsp3) is 0.294. The molecule has 2 rings (SSSR count). The number of carboxylic acids is 1. The van der Waals surface area contributed by atoms with Crippen molar-refractivity contribution in [3.63, 3.8) is 0 Å². The molecule has 1 atom stereocenters. The van der Waals surface area contributed by atoms with E-state index in [4.69, 9.17) is 5.11 Å². The van der Waals surface area contributed by atoms with E-state index in [0.717, 1.165) is 16.3 Å². The van der Waals surface area contributed by atoms with Gasteiger partial charge in [0.25, 0.3) is 0 Å². The first-order valence-electron chi connectivity index (χ1n) is 6.98. The number of carbonyl (C=O) groups excluding carboxylic acids is 1. The summed E-state index contributed by atoms with van der Waals surface area (Å²) in [4.78, 5) is 23.2. The van der Waals surface area contributed by atoms with Crippen molar-refractivity contribution in [2.24, 2.45) is 5.92 Å². The van der Waals surface area contributed by atoms with Crippen molar-refractivity contribution in [2.45, 2.75) is 26.3 Å². The molecule has 4 nitrogen and oxygen atoms in total. The normalized spacial score (nSPS) is 12.3. The van der Waals surface area contributed by atoms with Gasteiger partial charge in [-0.05, 0) is 22.3 Å². The molecule has 1 amide bonds. The first kappa shape index (κ1) is 15.0. The van der Waals surface area contributed by atoms with Gasteiger partial charge in [-0.2, -0.15) is 0 Å². The van der Waals surface area contributed by atoms with Crippen molar-refractivity contribution in [2.75, 3.05) is 0 Å². The molecular formula is C17H19NO3. The fourth-order valence-corrected chi connectivity index (χ4v) is 2.36. The summed E-state index contributed by atoms with van der Waals surface area (Å²) in [5.74, 6) is -1.43. The van der Waals surface area contributed by atoms with Gasteiger partial charge in [0.2, 0.25) is 5.91 Å². The monoisotopic (exact) mass is 285 g/mol. The SMILES string of the molecule is CC(C)C(NC(=O)Cc1cccc2ccccc12)C(=O)O. The van der Waals surface area contributed by atoms with Crippen LogP contribution in [0.4, 0.5) is 0 Å². The molecule has 0 spiro atoms. The number of benzene rings is 2. The van der Waals surface area contributed by atoms with E-state index >= 15 is 0 Å². The van der Waals surface area contributed by atoms with Crippen molar-refractivity contribution in [1.82, 2.24) is 5.32 Å². The summed E-state index contributed by atoms with van der Waals surface area (Å²) < 4.78 is 0. The Kier molecular flexibility index (Phi) is 4.58. The van der Waals surface area contributed by atoms with Crippen molar-refractivity contribution in [3.8, 4) is 0 Å². The average Bonchev–Trinajstić information content (AvgIpc) is 2.44. The summed E-state index contributed by atoms with van der Waals surface area (Å²) in [5.41, 5.74) is 0.901. The van der Waals surface area contributed by atoms with Gasteiger partial charge in [0.15, 0.2) is 0 Å². The molecule has 0 aliphatic heterocycles. The highest BCUT2D eigenvalue weighted by atomic mass is 16.4. The Morgan fingerprint density at radius 3 is 2.43 bits per heavy atom. The maximum atomic E-state index is 12.1. The molecule has 0 radical (unpaired) electrons. The van der Waals surface area contributed by atoms with E-state index in [-0.39, 0.29) is 18.2 Å². The molecule has 2 N–H and O–H groups in total. The Labute approximate surface area is 123 Å². The van der Waals surface area contributed by atoms with Gasteiger partial charge in [-0.3, -0.25) is 4.79 Å². The summed E-state index contributed by atoms with van der Waals surface area (Å²) in [6.45, 7) is 3.55. The van der Waals surface area contributed by atoms with Crippen LogP contribution >= 0.6 is 0 Å². The fourth-order valence-electron chi connectivity index (χ4n) is 2.36. The molecule has 2 aromatic rings. The molecule has 0 bridgehead atoms. The topological polar surface area (TPSA) is 66.4 Å². The molecule has 2 aromatic carbocycles. The highest BCUT2D eigenvalue weighted by molar-refractivity contribution is 5.91. The first-order chi connectivity index (χ1) is 9.99. The molecule has 0 fully saturated rings. The van der Waals surface area contributed by atoms with Crippen LogP contribution in [0.2, 0.25) is 0 Å². The minimum Gasteiger partial charge on any atom is -0.480 e. The number of rotatable bonds is 5.